The number of carbonyl (C=O) groups excluding carboxylic acids is 1. The average molecular weight is 284 g/mol. The number of ether oxygens (including phenoxy) is 1. The molecule has 0 saturated carbocycles. The number of rotatable bonds is 4. The van der Waals surface area contributed by atoms with Crippen molar-refractivity contribution in [2.75, 3.05) is 7.11 Å². The summed E-state index contributed by atoms with van der Waals surface area (Å²) in [5, 5.41) is 0.897. The summed E-state index contributed by atoms with van der Waals surface area (Å²) in [5.74, 6) is 0.292. The molecule has 5 heteroatoms. The normalized spacial score (nSPS) is 10.8. The molecule has 0 radical (unpaired) electrons. The number of benzene rings is 1. The first-order valence-electron chi connectivity index (χ1n) is 6.45. The number of fused-ring (bicyclic) bond motifs is 1. The number of hydrogen-bond acceptors (Lipinski definition) is 3. The van der Waals surface area contributed by atoms with Gasteiger partial charge in [-0.2, -0.15) is 0 Å². The van der Waals surface area contributed by atoms with Crippen LogP contribution < -0.4 is 4.74 Å². The highest BCUT2D eigenvalue weighted by Crippen LogP contribution is 2.25. The predicted molar refractivity (Wildman–Crippen MR) is 77.2 cm³/mol. The van der Waals surface area contributed by atoms with Crippen molar-refractivity contribution >= 4 is 17.2 Å². The topological polar surface area (TPSA) is 44.1 Å². The van der Waals surface area contributed by atoms with E-state index in [2.05, 4.69) is 4.98 Å². The molecule has 4 nitrogen and oxygen atoms in total. The summed E-state index contributed by atoms with van der Waals surface area (Å²) in [6, 6.07) is 10.2. The van der Waals surface area contributed by atoms with Crippen molar-refractivity contribution in [3.8, 4) is 5.75 Å². The number of carbonyl (C=O) groups is 1. The van der Waals surface area contributed by atoms with E-state index in [1.54, 1.807) is 17.7 Å². The van der Waals surface area contributed by atoms with Crippen molar-refractivity contribution < 1.29 is 13.9 Å². The zero-order valence-electron chi connectivity index (χ0n) is 11.4. The molecule has 0 amide bonds. The number of methoxy groups -OCH3 is 1. The second-order valence-corrected chi connectivity index (χ2v) is 4.63. The molecule has 106 valence electrons. The quantitative estimate of drug-likeness (QED) is 0.692. The van der Waals surface area contributed by atoms with E-state index < -0.39 is 0 Å². The fraction of sp³-hybridized carbons (Fsp3) is 0.125. The molecule has 0 unspecified atom stereocenters. The molecule has 21 heavy (non-hydrogen) atoms. The number of hydrogen-bond donors (Lipinski definition) is 0. The van der Waals surface area contributed by atoms with Crippen LogP contribution in [-0.2, 0) is 6.54 Å². The van der Waals surface area contributed by atoms with E-state index in [1.165, 1.54) is 18.3 Å². The Morgan fingerprint density at radius 1 is 1.33 bits per heavy atom. The average Bonchev–Trinajstić information content (AvgIpc) is 2.86. The van der Waals surface area contributed by atoms with Gasteiger partial charge < -0.3 is 9.30 Å². The predicted octanol–water partition coefficient (Wildman–Crippen LogP) is 3.04. The van der Waals surface area contributed by atoms with Gasteiger partial charge in [0.15, 0.2) is 6.29 Å². The number of aromatic nitrogens is 2. The Balaban J connectivity index is 2.15. The summed E-state index contributed by atoms with van der Waals surface area (Å²) in [6.45, 7) is 0.192. The highest BCUT2D eigenvalue weighted by Gasteiger charge is 2.12. The van der Waals surface area contributed by atoms with Gasteiger partial charge in [0.25, 0.3) is 0 Å². The van der Waals surface area contributed by atoms with E-state index in [4.69, 9.17) is 4.74 Å². The molecule has 0 bridgehead atoms. The number of nitrogens with zero attached hydrogens (tertiary/aromatic N) is 2. The minimum absolute atomic E-state index is 0.192. The smallest absolute Gasteiger partial charge is 0.166 e. The zero-order chi connectivity index (χ0) is 14.8. The van der Waals surface area contributed by atoms with E-state index >= 15 is 0 Å². The number of halogens is 1. The van der Waals surface area contributed by atoms with Crippen molar-refractivity contribution in [3.05, 3.63) is 59.8 Å². The van der Waals surface area contributed by atoms with Crippen LogP contribution in [0, 0.1) is 5.82 Å². The molecule has 1 aromatic carbocycles. The third-order valence-electron chi connectivity index (χ3n) is 3.41. The highest BCUT2D eigenvalue weighted by molar-refractivity contribution is 5.89. The molecule has 0 spiro atoms. The molecule has 0 aliphatic heterocycles. The van der Waals surface area contributed by atoms with Crippen molar-refractivity contribution in [1.82, 2.24) is 9.55 Å². The maximum Gasteiger partial charge on any atom is 0.166 e. The standard InChI is InChI=1S/C16H13FN2O2/c1-21-13-5-4-11-7-12(10-20)19(16(11)8-13)9-15-14(17)3-2-6-18-15/h2-8,10H,9H2,1H3. The van der Waals surface area contributed by atoms with Gasteiger partial charge in [0.05, 0.1) is 30.6 Å². The number of aldehydes is 1. The molecule has 0 saturated heterocycles. The summed E-state index contributed by atoms with van der Waals surface area (Å²) in [6.07, 6.45) is 2.29. The van der Waals surface area contributed by atoms with Gasteiger partial charge in [-0.05, 0) is 30.3 Å². The van der Waals surface area contributed by atoms with Crippen molar-refractivity contribution in [3.63, 3.8) is 0 Å². The molecule has 2 heterocycles. The van der Waals surface area contributed by atoms with Crippen LogP contribution in [-0.4, -0.2) is 22.9 Å². The largest absolute Gasteiger partial charge is 0.497 e. The first-order chi connectivity index (χ1) is 10.2. The van der Waals surface area contributed by atoms with Crippen molar-refractivity contribution in [2.24, 2.45) is 0 Å². The van der Waals surface area contributed by atoms with Gasteiger partial charge in [0.2, 0.25) is 0 Å². The maximum atomic E-state index is 13.8. The van der Waals surface area contributed by atoms with E-state index in [0.717, 1.165) is 17.2 Å². The zero-order valence-corrected chi connectivity index (χ0v) is 11.4. The van der Waals surface area contributed by atoms with Gasteiger partial charge in [-0.15, -0.1) is 0 Å². The van der Waals surface area contributed by atoms with Crippen LogP contribution in [0.3, 0.4) is 0 Å². The van der Waals surface area contributed by atoms with Crippen molar-refractivity contribution in [2.45, 2.75) is 6.54 Å². The van der Waals surface area contributed by atoms with Gasteiger partial charge in [0.1, 0.15) is 11.6 Å². The van der Waals surface area contributed by atoms with Crippen LogP contribution >= 0.6 is 0 Å². The number of pyridine rings is 1. The second-order valence-electron chi connectivity index (χ2n) is 4.63. The van der Waals surface area contributed by atoms with Gasteiger partial charge in [-0.1, -0.05) is 0 Å². The molecule has 3 aromatic rings. The van der Waals surface area contributed by atoms with Gasteiger partial charge in [0, 0.05) is 17.6 Å². The minimum Gasteiger partial charge on any atom is -0.497 e. The Hall–Kier alpha value is -2.69. The lowest BCUT2D eigenvalue weighted by atomic mass is 10.2. The molecule has 0 aliphatic rings. The van der Waals surface area contributed by atoms with E-state index in [-0.39, 0.29) is 12.4 Å². The monoisotopic (exact) mass is 284 g/mol. The molecular weight excluding hydrogens is 271 g/mol. The Bertz CT molecular complexity index is 811. The van der Waals surface area contributed by atoms with Crippen LogP contribution in [0.5, 0.6) is 5.75 Å². The van der Waals surface area contributed by atoms with Crippen LogP contribution in [0.2, 0.25) is 0 Å². The fourth-order valence-electron chi connectivity index (χ4n) is 2.34. The summed E-state index contributed by atoms with van der Waals surface area (Å²) in [5.41, 5.74) is 1.57. The third kappa shape index (κ3) is 2.38. The fourth-order valence-corrected chi connectivity index (χ4v) is 2.34. The van der Waals surface area contributed by atoms with Crippen molar-refractivity contribution in [1.29, 1.82) is 0 Å². The molecule has 0 N–H and O–H groups in total. The third-order valence-corrected chi connectivity index (χ3v) is 3.41. The molecule has 0 aliphatic carbocycles. The van der Waals surface area contributed by atoms with Crippen LogP contribution in [0.25, 0.3) is 10.9 Å². The first-order valence-corrected chi connectivity index (χ1v) is 6.45. The molecule has 3 rings (SSSR count). The Kier molecular flexibility index (Phi) is 3.39. The molecular formula is C16H13FN2O2. The lowest BCUT2D eigenvalue weighted by Gasteiger charge is -2.08. The van der Waals surface area contributed by atoms with Gasteiger partial charge in [-0.25, -0.2) is 4.39 Å². The van der Waals surface area contributed by atoms with Crippen LogP contribution in [0.15, 0.2) is 42.6 Å². The summed E-state index contributed by atoms with van der Waals surface area (Å²) in [7, 11) is 1.58. The lowest BCUT2D eigenvalue weighted by molar-refractivity contribution is 0.111. The van der Waals surface area contributed by atoms with Gasteiger partial charge >= 0.3 is 0 Å². The van der Waals surface area contributed by atoms with Crippen LogP contribution in [0.4, 0.5) is 4.39 Å². The summed E-state index contributed by atoms with van der Waals surface area (Å²) < 4.78 is 20.7. The highest BCUT2D eigenvalue weighted by atomic mass is 19.1. The minimum atomic E-state index is -0.390. The van der Waals surface area contributed by atoms with Crippen LogP contribution in [0.1, 0.15) is 16.2 Å². The summed E-state index contributed by atoms with van der Waals surface area (Å²) >= 11 is 0. The second kappa shape index (κ2) is 5.36. The SMILES string of the molecule is COc1ccc2cc(C=O)n(Cc3ncccc3F)c2c1. The Labute approximate surface area is 120 Å². The molecule has 2 aromatic heterocycles. The van der Waals surface area contributed by atoms with E-state index in [1.807, 2.05) is 18.2 Å². The van der Waals surface area contributed by atoms with E-state index in [0.29, 0.717) is 17.1 Å². The summed E-state index contributed by atoms with van der Waals surface area (Å²) in [4.78, 5) is 15.3. The lowest BCUT2D eigenvalue weighted by Crippen LogP contribution is -2.07. The molecule has 0 atom stereocenters. The Morgan fingerprint density at radius 3 is 2.90 bits per heavy atom. The van der Waals surface area contributed by atoms with Gasteiger partial charge in [-0.3, -0.25) is 9.78 Å². The first kappa shape index (κ1) is 13.3. The Morgan fingerprint density at radius 2 is 2.19 bits per heavy atom. The maximum absolute atomic E-state index is 13.8. The molecule has 0 fully saturated rings. The van der Waals surface area contributed by atoms with E-state index in [9.17, 15) is 9.18 Å².